The minimum Gasteiger partial charge on any atom is -0.444 e. The quantitative estimate of drug-likeness (QED) is 0.0321. The number of sulfonamides is 1. The van der Waals surface area contributed by atoms with E-state index in [1.165, 1.54) is 60.2 Å². The molecular weight excluding hydrogens is 1040 g/mol. The Morgan fingerprint density at radius 3 is 2.32 bits per heavy atom. The second-order valence-electron chi connectivity index (χ2n) is 20.1. The van der Waals surface area contributed by atoms with Gasteiger partial charge in [-0.2, -0.15) is 9.97 Å². The van der Waals surface area contributed by atoms with E-state index < -0.39 is 39.0 Å². The van der Waals surface area contributed by atoms with E-state index in [1.54, 1.807) is 18.3 Å². The molecule has 19 nitrogen and oxygen atoms in total. The van der Waals surface area contributed by atoms with E-state index in [-0.39, 0.29) is 60.3 Å². The van der Waals surface area contributed by atoms with Gasteiger partial charge in [0.05, 0.1) is 63.2 Å². The van der Waals surface area contributed by atoms with Gasteiger partial charge in [0.1, 0.15) is 24.1 Å². The van der Waals surface area contributed by atoms with E-state index in [0.717, 1.165) is 43.7 Å². The van der Waals surface area contributed by atoms with Gasteiger partial charge in [-0.05, 0) is 123 Å². The normalized spacial score (nSPS) is 16.3. The fourth-order valence-corrected chi connectivity index (χ4v) is 10.1. The molecule has 2 aliphatic heterocycles. The first kappa shape index (κ1) is 54.4. The molecular formula is C52H66BrFN12O7S. The number of halogens is 2. The predicted octanol–water partition coefficient (Wildman–Crippen LogP) is 8.48. The number of hydrogen-bond donors (Lipinski definition) is 6. The topological polar surface area (TPSA) is 240 Å². The second kappa shape index (κ2) is 23.8. The number of ether oxygens (including phenoxy) is 3. The summed E-state index contributed by atoms with van der Waals surface area (Å²) in [5, 5.41) is 12.8. The van der Waals surface area contributed by atoms with Crippen LogP contribution in [-0.4, -0.2) is 109 Å². The van der Waals surface area contributed by atoms with Crippen molar-refractivity contribution in [3.8, 4) is 0 Å². The number of rotatable bonds is 25. The Hall–Kier alpha value is -5.88. The summed E-state index contributed by atoms with van der Waals surface area (Å²) in [5.74, 6) is 0.384. The molecule has 0 spiro atoms. The number of carbonyl (C=O) groups excluding carboxylic acids is 2. The van der Waals surface area contributed by atoms with Crippen LogP contribution in [0.25, 0.3) is 0 Å². The van der Waals surface area contributed by atoms with Crippen LogP contribution in [0.1, 0.15) is 106 Å². The molecule has 0 bridgehead atoms. The number of nitrogens with two attached hydrogens (primary N) is 1. The van der Waals surface area contributed by atoms with E-state index >= 15 is 0 Å². The van der Waals surface area contributed by atoms with Gasteiger partial charge >= 0.3 is 6.09 Å². The molecule has 396 valence electrons. The summed E-state index contributed by atoms with van der Waals surface area (Å²) in [6.45, 7) is 14.9. The van der Waals surface area contributed by atoms with Gasteiger partial charge in [0, 0.05) is 56.8 Å². The van der Waals surface area contributed by atoms with Crippen molar-refractivity contribution in [2.45, 2.75) is 102 Å². The Bertz CT molecular complexity index is 2870. The monoisotopic (exact) mass is 1100 g/mol. The molecule has 2 atom stereocenters. The highest BCUT2D eigenvalue weighted by Crippen LogP contribution is 2.40. The molecule has 1 aliphatic carbocycles. The number of benzene rings is 3. The van der Waals surface area contributed by atoms with E-state index in [9.17, 15) is 22.4 Å². The standard InChI is InChI=1S/C52H66BrFN12O7S/c1-33(35-11-13-36(14-12-35)43(29-34-9-10-34)65-24-22-56-23-25-65)60-48-57-30-37-32-71-50(68)66(47(37)64-48)26-28-73-52(4,5)20-27-72-51(2,3)19-21-59-74(69,70)39-17-15-38(16-18-39)61-49-58-31-40(53)46(63-49)62-42-8-6-7-41(54)44(42)45(55)67/h6-8,11-18,30-31,33-34,43,56,59H,9-10,19-29,32H2,1-5H3,(H2,55,67)(H,57,60,64)(H2,58,61,62,63)/t33-,43-/m0/s1. The molecule has 7 N–H and O–H groups in total. The summed E-state index contributed by atoms with van der Waals surface area (Å²) < 4.78 is 61.9. The first-order chi connectivity index (χ1) is 35.3. The fourth-order valence-electron chi connectivity index (χ4n) is 8.82. The molecule has 1 saturated heterocycles. The summed E-state index contributed by atoms with van der Waals surface area (Å²) in [6, 6.07) is 19.4. The molecule has 5 aromatic rings. The molecule has 2 amide bonds. The number of anilines is 6. The zero-order valence-electron chi connectivity index (χ0n) is 42.4. The average Bonchev–Trinajstić information content (AvgIpc) is 4.19. The predicted molar refractivity (Wildman–Crippen MR) is 285 cm³/mol. The van der Waals surface area contributed by atoms with Crippen molar-refractivity contribution in [1.29, 1.82) is 0 Å². The van der Waals surface area contributed by atoms with Crippen molar-refractivity contribution in [2.75, 3.05) is 73.3 Å². The SMILES string of the molecule is C[C@H](Nc1ncc2c(n1)N(CCOC(C)(C)CCOC(C)(C)CCNS(=O)(=O)c1ccc(Nc3ncc(Br)c(Nc4cccc(F)c4C(N)=O)n3)cc1)C(=O)OC2)c1ccc([C@H](CC2CC2)N2CCNCC2)cc1. The van der Waals surface area contributed by atoms with Crippen molar-refractivity contribution in [1.82, 2.24) is 34.9 Å². The van der Waals surface area contributed by atoms with Crippen LogP contribution in [0.2, 0.25) is 0 Å². The van der Waals surface area contributed by atoms with Crippen molar-refractivity contribution >= 4 is 72.9 Å². The van der Waals surface area contributed by atoms with Gasteiger partial charge in [-0.25, -0.2) is 32.3 Å². The van der Waals surface area contributed by atoms with Crippen LogP contribution < -0.4 is 36.6 Å². The molecule has 0 unspecified atom stereocenters. The molecule has 2 fully saturated rings. The number of nitrogens with zero attached hydrogens (tertiary/aromatic N) is 6. The largest absolute Gasteiger partial charge is 0.444 e. The van der Waals surface area contributed by atoms with Crippen molar-refractivity contribution in [2.24, 2.45) is 11.7 Å². The van der Waals surface area contributed by atoms with Crippen LogP contribution in [-0.2, 0) is 30.8 Å². The molecule has 0 radical (unpaired) electrons. The lowest BCUT2D eigenvalue weighted by Gasteiger charge is -2.35. The lowest BCUT2D eigenvalue weighted by atomic mass is 9.96. The summed E-state index contributed by atoms with van der Waals surface area (Å²) in [7, 11) is -3.87. The van der Waals surface area contributed by atoms with E-state index in [2.05, 4.69) is 93.0 Å². The van der Waals surface area contributed by atoms with Gasteiger partial charge in [0.25, 0.3) is 5.91 Å². The van der Waals surface area contributed by atoms with Crippen LogP contribution in [0.4, 0.5) is 44.1 Å². The summed E-state index contributed by atoms with van der Waals surface area (Å²) in [5.41, 5.74) is 7.60. The highest BCUT2D eigenvalue weighted by atomic mass is 79.9. The van der Waals surface area contributed by atoms with E-state index in [1.807, 2.05) is 27.7 Å². The number of piperazine rings is 1. The third-order valence-electron chi connectivity index (χ3n) is 13.4. The number of hydrogen-bond acceptors (Lipinski definition) is 16. The van der Waals surface area contributed by atoms with E-state index in [0.29, 0.717) is 53.0 Å². The number of carbonyl (C=O) groups is 2. The van der Waals surface area contributed by atoms with Crippen LogP contribution in [0, 0.1) is 11.7 Å². The second-order valence-corrected chi connectivity index (χ2v) is 22.7. The molecule has 74 heavy (non-hydrogen) atoms. The molecule has 4 heterocycles. The minimum atomic E-state index is -3.87. The maximum Gasteiger partial charge on any atom is 0.415 e. The van der Waals surface area contributed by atoms with Gasteiger partial charge in [-0.1, -0.05) is 43.2 Å². The lowest BCUT2D eigenvalue weighted by Crippen LogP contribution is -2.45. The van der Waals surface area contributed by atoms with E-state index in [4.69, 9.17) is 24.9 Å². The lowest BCUT2D eigenvalue weighted by molar-refractivity contribution is -0.0721. The van der Waals surface area contributed by atoms with Crippen molar-refractivity contribution < 1.29 is 36.6 Å². The maximum absolute atomic E-state index is 14.3. The van der Waals surface area contributed by atoms with Gasteiger partial charge in [0.15, 0.2) is 0 Å². The molecule has 22 heteroatoms. The number of fused-ring (bicyclic) bond motifs is 1. The zero-order chi connectivity index (χ0) is 52.6. The molecule has 1 saturated carbocycles. The number of aromatic nitrogens is 4. The van der Waals surface area contributed by atoms with Gasteiger partial charge in [0.2, 0.25) is 21.9 Å². The Morgan fingerprint density at radius 1 is 0.919 bits per heavy atom. The smallest absolute Gasteiger partial charge is 0.415 e. The Labute approximate surface area is 440 Å². The third kappa shape index (κ3) is 14.5. The third-order valence-corrected chi connectivity index (χ3v) is 15.4. The average molecular weight is 1100 g/mol. The summed E-state index contributed by atoms with van der Waals surface area (Å²) >= 11 is 3.35. The van der Waals surface area contributed by atoms with Crippen LogP contribution in [0.3, 0.4) is 0 Å². The number of primary amides is 1. The van der Waals surface area contributed by atoms with Gasteiger partial charge in [-0.3, -0.25) is 14.6 Å². The van der Waals surface area contributed by atoms with Crippen molar-refractivity contribution in [3.63, 3.8) is 0 Å². The van der Waals surface area contributed by atoms with Crippen molar-refractivity contribution in [3.05, 3.63) is 112 Å². The van der Waals surface area contributed by atoms with Gasteiger partial charge < -0.3 is 41.2 Å². The zero-order valence-corrected chi connectivity index (χ0v) is 44.8. The highest BCUT2D eigenvalue weighted by Gasteiger charge is 2.32. The molecule has 3 aromatic carbocycles. The fraction of sp³-hybridized carbons (Fsp3) is 0.462. The first-order valence-corrected chi connectivity index (χ1v) is 27.2. The van der Waals surface area contributed by atoms with Crippen LogP contribution in [0.15, 0.2) is 88.5 Å². The maximum atomic E-state index is 14.3. The number of nitrogens with one attached hydrogen (secondary N) is 5. The Morgan fingerprint density at radius 2 is 1.61 bits per heavy atom. The summed E-state index contributed by atoms with van der Waals surface area (Å²) in [6.07, 6.45) is 7.46. The van der Waals surface area contributed by atoms with Gasteiger partial charge in [-0.15, -0.1) is 0 Å². The molecule has 8 rings (SSSR count). The van der Waals surface area contributed by atoms with Crippen LogP contribution >= 0.6 is 15.9 Å². The number of amides is 2. The minimum absolute atomic E-state index is 0.0558. The number of cyclic esters (lactones) is 1. The molecule has 2 aromatic heterocycles. The Kier molecular flexibility index (Phi) is 17.5. The van der Waals surface area contributed by atoms with Crippen LogP contribution in [0.5, 0.6) is 0 Å². The first-order valence-electron chi connectivity index (χ1n) is 25.0. The highest BCUT2D eigenvalue weighted by molar-refractivity contribution is 9.10. The molecule has 3 aliphatic rings. The summed E-state index contributed by atoms with van der Waals surface area (Å²) in [4.78, 5) is 47.1. The Balaban J connectivity index is 0.769.